The maximum Gasteiger partial charge on any atom is 0.322 e. The molecule has 0 fully saturated rings. The summed E-state index contributed by atoms with van der Waals surface area (Å²) < 4.78 is 0. The number of rotatable bonds is 14. The van der Waals surface area contributed by atoms with Crippen molar-refractivity contribution in [1.29, 1.82) is 0 Å². The van der Waals surface area contributed by atoms with E-state index in [1.807, 2.05) is 0 Å². The van der Waals surface area contributed by atoms with Crippen molar-refractivity contribution >= 4 is 53.7 Å². The number of aromatic nitrogens is 1. The Morgan fingerprint density at radius 1 is 1.11 bits per heavy atom. The summed E-state index contributed by atoms with van der Waals surface area (Å²) in [5.41, 5.74) is 5.91. The van der Waals surface area contributed by atoms with E-state index in [1.165, 1.54) is 6.20 Å². The molecule has 2 amide bonds. The zero-order valence-corrected chi connectivity index (χ0v) is 19.2. The number of aliphatic carboxylic acids is 2. The molecular weight excluding hydrogens is 486 g/mol. The summed E-state index contributed by atoms with van der Waals surface area (Å²) in [6, 6.07) is -2.26. The molecular formula is C20H25N5O9S. The number of ketones is 2. The third-order valence-corrected chi connectivity index (χ3v) is 5.30. The molecule has 190 valence electrons. The van der Waals surface area contributed by atoms with Gasteiger partial charge in [-0.25, -0.2) is 5.43 Å². The van der Waals surface area contributed by atoms with Gasteiger partial charge in [-0.2, -0.15) is 12.6 Å². The van der Waals surface area contributed by atoms with Crippen molar-refractivity contribution in [3.63, 3.8) is 0 Å². The summed E-state index contributed by atoms with van der Waals surface area (Å²) in [6.45, 7) is -0.471. The minimum Gasteiger partial charge on any atom is -0.506 e. The molecule has 1 heterocycles. The van der Waals surface area contributed by atoms with Gasteiger partial charge in [-0.15, -0.1) is 0 Å². The number of thiol groups is 1. The molecule has 1 aliphatic carbocycles. The predicted molar refractivity (Wildman–Crippen MR) is 123 cm³/mol. The molecule has 0 unspecified atom stereocenters. The molecule has 14 nitrogen and oxygen atoms in total. The van der Waals surface area contributed by atoms with E-state index in [4.69, 9.17) is 5.11 Å². The van der Waals surface area contributed by atoms with Crippen LogP contribution in [0, 0.1) is 0 Å². The lowest BCUT2D eigenvalue weighted by Gasteiger charge is -2.18. The fraction of sp³-hybridized carbons (Fsp3) is 0.400. The van der Waals surface area contributed by atoms with E-state index < -0.39 is 53.9 Å². The smallest absolute Gasteiger partial charge is 0.322 e. The van der Waals surface area contributed by atoms with E-state index in [1.54, 1.807) is 0 Å². The number of hydrogen-bond donors (Lipinski definition) is 9. The summed E-state index contributed by atoms with van der Waals surface area (Å²) in [5.74, 6) is -5.89. The number of hydrazine groups is 1. The van der Waals surface area contributed by atoms with Crippen molar-refractivity contribution in [2.45, 2.75) is 31.3 Å². The van der Waals surface area contributed by atoms with Gasteiger partial charge < -0.3 is 30.9 Å². The Kier molecular flexibility index (Phi) is 9.98. The van der Waals surface area contributed by atoms with E-state index in [9.17, 15) is 39.0 Å². The number of carbonyl (C=O) groups excluding carboxylic acids is 4. The van der Waals surface area contributed by atoms with Crippen LogP contribution in [0.2, 0.25) is 0 Å². The summed E-state index contributed by atoms with van der Waals surface area (Å²) in [7, 11) is 0. The Hall–Kier alpha value is -3.69. The van der Waals surface area contributed by atoms with Gasteiger partial charge >= 0.3 is 11.9 Å². The number of H-pyrrole nitrogens is 1. The summed E-state index contributed by atoms with van der Waals surface area (Å²) in [4.78, 5) is 72.5. The maximum absolute atomic E-state index is 12.1. The number of hydrogen-bond acceptors (Lipinski definition) is 10. The van der Waals surface area contributed by atoms with Gasteiger partial charge in [0.15, 0.2) is 0 Å². The number of amides is 2. The summed E-state index contributed by atoms with van der Waals surface area (Å²) >= 11 is 3.95. The van der Waals surface area contributed by atoms with Crippen molar-refractivity contribution in [3.8, 4) is 0 Å². The lowest BCUT2D eigenvalue weighted by atomic mass is 9.95. The van der Waals surface area contributed by atoms with Gasteiger partial charge in [-0.05, 0) is 18.4 Å². The molecule has 15 heteroatoms. The molecule has 0 spiro atoms. The maximum atomic E-state index is 12.1. The van der Waals surface area contributed by atoms with Crippen LogP contribution in [0.3, 0.4) is 0 Å². The first-order chi connectivity index (χ1) is 16.5. The van der Waals surface area contributed by atoms with Crippen LogP contribution in [-0.2, 0) is 30.4 Å². The van der Waals surface area contributed by atoms with Crippen LogP contribution in [0.4, 0.5) is 0 Å². The molecule has 0 radical (unpaired) electrons. The second-order valence-electron chi connectivity index (χ2n) is 7.45. The lowest BCUT2D eigenvalue weighted by molar-refractivity contribution is -0.140. The largest absolute Gasteiger partial charge is 0.506 e. The Morgan fingerprint density at radius 2 is 1.83 bits per heavy atom. The van der Waals surface area contributed by atoms with Gasteiger partial charge in [-0.1, -0.05) is 0 Å². The van der Waals surface area contributed by atoms with Gasteiger partial charge in [0, 0.05) is 31.0 Å². The van der Waals surface area contributed by atoms with Gasteiger partial charge in [0.05, 0.1) is 11.3 Å². The third-order valence-electron chi connectivity index (χ3n) is 4.94. The van der Waals surface area contributed by atoms with E-state index in [0.29, 0.717) is 5.56 Å². The number of aliphatic hydroxyl groups is 1. The van der Waals surface area contributed by atoms with Crippen LogP contribution in [-0.4, -0.2) is 86.5 Å². The molecule has 1 aliphatic rings. The molecule has 2 rings (SSSR count). The van der Waals surface area contributed by atoms with E-state index in [2.05, 4.69) is 39.1 Å². The quantitative estimate of drug-likeness (QED) is 0.0584. The van der Waals surface area contributed by atoms with Crippen LogP contribution in [0.15, 0.2) is 12.3 Å². The fourth-order valence-corrected chi connectivity index (χ4v) is 3.44. The molecule has 0 saturated heterocycles. The standard InChI is InChI=1S/C20H25N5O9S/c26-12-5-13(27)18(31)16-9(6-21-17(12)16)3-4-23-25-10(20(33)34)1-2-14(28)24-11(8-35)19(32)22-7-15(29)30/h5-6,10-11,21,23,25-26,35H,1-4,7-8H2,(H,22,32)(H,24,28)(H,29,30)(H,33,34)/t10-,11-/m0/s1. The van der Waals surface area contributed by atoms with Crippen molar-refractivity contribution in [3.05, 3.63) is 29.1 Å². The second kappa shape index (κ2) is 12.7. The van der Waals surface area contributed by atoms with Gasteiger partial charge in [-0.3, -0.25) is 34.2 Å². The average Bonchev–Trinajstić information content (AvgIpc) is 3.23. The first kappa shape index (κ1) is 27.6. The minimum atomic E-state index is -1.25. The van der Waals surface area contributed by atoms with Crippen LogP contribution < -0.4 is 21.5 Å². The minimum absolute atomic E-state index is 0.0643. The van der Waals surface area contributed by atoms with Gasteiger partial charge in [0.25, 0.3) is 0 Å². The monoisotopic (exact) mass is 511 g/mol. The molecule has 1 aromatic heterocycles. The van der Waals surface area contributed by atoms with Crippen molar-refractivity contribution in [2.24, 2.45) is 0 Å². The first-order valence-electron chi connectivity index (χ1n) is 10.4. The van der Waals surface area contributed by atoms with Gasteiger partial charge in [0.1, 0.15) is 24.4 Å². The second-order valence-corrected chi connectivity index (χ2v) is 7.82. The van der Waals surface area contributed by atoms with Crippen LogP contribution in [0.5, 0.6) is 0 Å². The molecule has 35 heavy (non-hydrogen) atoms. The topological polar surface area (TPSA) is 227 Å². The molecule has 1 aromatic rings. The SMILES string of the molecule is O=C(O)CNC(=O)[C@H](CS)NC(=O)CC[C@H](NNCCc1c[nH]c2c1C(=O)C(=O)C=C2O)C(=O)O. The number of aromatic amines is 1. The first-order valence-corrected chi connectivity index (χ1v) is 11.0. The zero-order valence-electron chi connectivity index (χ0n) is 18.3. The predicted octanol–water partition coefficient (Wildman–Crippen LogP) is -1.84. The van der Waals surface area contributed by atoms with Gasteiger partial charge in [0.2, 0.25) is 23.4 Å². The van der Waals surface area contributed by atoms with E-state index in [0.717, 1.165) is 6.08 Å². The number of carboxylic acid groups (broad SMARTS) is 2. The fourth-order valence-electron chi connectivity index (χ4n) is 3.18. The number of carbonyl (C=O) groups is 6. The van der Waals surface area contributed by atoms with Crippen molar-refractivity contribution in [1.82, 2.24) is 26.5 Å². The zero-order chi connectivity index (χ0) is 26.1. The van der Waals surface area contributed by atoms with Crippen LogP contribution in [0.25, 0.3) is 5.76 Å². The molecule has 0 aliphatic heterocycles. The molecule has 8 N–H and O–H groups in total. The highest BCUT2D eigenvalue weighted by atomic mass is 32.1. The normalized spacial score (nSPS) is 14.5. The van der Waals surface area contributed by atoms with Crippen molar-refractivity contribution in [2.75, 3.05) is 18.8 Å². The van der Waals surface area contributed by atoms with Crippen LogP contribution >= 0.6 is 12.6 Å². The van der Waals surface area contributed by atoms with E-state index >= 15 is 0 Å². The highest BCUT2D eigenvalue weighted by molar-refractivity contribution is 7.80. The molecule has 0 saturated carbocycles. The number of aliphatic hydroxyl groups excluding tert-OH is 1. The summed E-state index contributed by atoms with van der Waals surface area (Å²) in [5, 5.41) is 32.2. The molecule has 0 bridgehead atoms. The van der Waals surface area contributed by atoms with Crippen molar-refractivity contribution < 1.29 is 44.1 Å². The highest BCUT2D eigenvalue weighted by Gasteiger charge is 2.30. The Labute approximate surface area is 203 Å². The molecule has 2 atom stereocenters. The highest BCUT2D eigenvalue weighted by Crippen LogP contribution is 2.25. The number of fused-ring (bicyclic) bond motifs is 1. The average molecular weight is 512 g/mol. The number of allylic oxidation sites excluding steroid dienone is 1. The molecule has 0 aromatic carbocycles. The lowest BCUT2D eigenvalue weighted by Crippen LogP contribution is -2.50. The van der Waals surface area contributed by atoms with Crippen LogP contribution in [0.1, 0.15) is 34.5 Å². The Bertz CT molecular complexity index is 1050. The number of Topliss-reactive ketones (excluding diaryl/α,β-unsaturated/α-hetero) is 1. The Balaban J connectivity index is 1.81. The Morgan fingerprint density at radius 3 is 2.46 bits per heavy atom. The van der Waals surface area contributed by atoms with E-state index in [-0.39, 0.29) is 48.6 Å². The summed E-state index contributed by atoms with van der Waals surface area (Å²) in [6.07, 6.45) is 2.12. The number of nitrogens with one attached hydrogen (secondary N) is 5. The third kappa shape index (κ3) is 7.66. The number of carboxylic acids is 2.